The molecule has 1 atom stereocenters. The first-order valence-corrected chi connectivity index (χ1v) is 10.7. The van der Waals surface area contributed by atoms with E-state index >= 15 is 0 Å². The van der Waals surface area contributed by atoms with Crippen molar-refractivity contribution in [1.29, 1.82) is 0 Å². The first-order chi connectivity index (χ1) is 14.9. The third-order valence-electron chi connectivity index (χ3n) is 4.91. The normalized spacial score (nSPS) is 16.4. The van der Waals surface area contributed by atoms with Crippen LogP contribution < -0.4 is 0 Å². The Balaban J connectivity index is 1.91. The van der Waals surface area contributed by atoms with Crippen LogP contribution in [0.5, 0.6) is 0 Å². The van der Waals surface area contributed by atoms with Gasteiger partial charge in [-0.2, -0.15) is 0 Å². The third-order valence-corrected chi connectivity index (χ3v) is 4.91. The van der Waals surface area contributed by atoms with Gasteiger partial charge in [0.2, 0.25) is 5.91 Å². The summed E-state index contributed by atoms with van der Waals surface area (Å²) in [6.45, 7) is 7.85. The quantitative estimate of drug-likeness (QED) is 0.363. The number of likely N-dealkylation sites (N-methyl/N-ethyl adjacent to an activating group) is 1. The Morgan fingerprint density at radius 1 is 1.19 bits per heavy atom. The number of amides is 2. The van der Waals surface area contributed by atoms with Crippen LogP contribution in [0.15, 0.2) is 6.20 Å². The third kappa shape index (κ3) is 7.28. The first kappa shape index (κ1) is 24.7. The molecule has 0 aromatic carbocycles. The minimum absolute atomic E-state index is 0.109. The molecule has 174 valence electrons. The second-order valence-corrected chi connectivity index (χ2v) is 7.26. The maximum absolute atomic E-state index is 12.7. The number of hydrogen-bond acceptors (Lipinski definition) is 8. The fourth-order valence-electron chi connectivity index (χ4n) is 3.39. The van der Waals surface area contributed by atoms with Gasteiger partial charge in [-0.05, 0) is 33.6 Å². The lowest BCUT2D eigenvalue weighted by Gasteiger charge is -2.32. The smallest absolute Gasteiger partial charge is 0.310 e. The van der Waals surface area contributed by atoms with Crippen LogP contribution in [-0.2, 0) is 30.3 Å². The van der Waals surface area contributed by atoms with Crippen LogP contribution >= 0.6 is 0 Å². The minimum Gasteiger partial charge on any atom is -0.466 e. The van der Waals surface area contributed by atoms with Crippen LogP contribution in [0, 0.1) is 5.92 Å². The molecule has 1 fully saturated rings. The lowest BCUT2D eigenvalue weighted by atomic mass is 9.98. The molecule has 1 aromatic rings. The van der Waals surface area contributed by atoms with Crippen molar-refractivity contribution in [3.63, 3.8) is 0 Å². The number of hydrogen-bond donors (Lipinski definition) is 0. The zero-order chi connectivity index (χ0) is 22.8. The van der Waals surface area contributed by atoms with Crippen molar-refractivity contribution < 1.29 is 28.6 Å². The van der Waals surface area contributed by atoms with E-state index in [4.69, 9.17) is 14.2 Å². The lowest BCUT2D eigenvalue weighted by molar-refractivity contribution is -0.151. The fraction of sp³-hybridized carbons (Fsp3) is 0.750. The topological polar surface area (TPSA) is 116 Å². The van der Waals surface area contributed by atoms with Crippen LogP contribution in [0.1, 0.15) is 44.1 Å². The van der Waals surface area contributed by atoms with Crippen molar-refractivity contribution in [1.82, 2.24) is 24.8 Å². The van der Waals surface area contributed by atoms with Crippen molar-refractivity contribution in [2.45, 2.75) is 46.4 Å². The van der Waals surface area contributed by atoms with Gasteiger partial charge in [0, 0.05) is 33.4 Å². The average molecular weight is 440 g/mol. The van der Waals surface area contributed by atoms with Crippen LogP contribution in [0.2, 0.25) is 0 Å². The molecule has 0 spiro atoms. The fourth-order valence-corrected chi connectivity index (χ4v) is 3.39. The molecule has 0 saturated carbocycles. The van der Waals surface area contributed by atoms with Crippen molar-refractivity contribution >= 4 is 17.8 Å². The molecule has 11 nitrogen and oxygen atoms in total. The maximum atomic E-state index is 12.7. The van der Waals surface area contributed by atoms with E-state index in [2.05, 4.69) is 10.3 Å². The highest BCUT2D eigenvalue weighted by Crippen LogP contribution is 2.18. The minimum atomic E-state index is -0.481. The standard InChI is InChI=1S/C20H33N5O6/c1-5-29-18(30-6-2)14-25-12-16(21-22-25)19(27)23(4)13-17(26)24-10-8-9-15(11-24)20(28)31-7-3/h12,15,18H,5-11,13-14H2,1-4H3. The van der Waals surface area contributed by atoms with Gasteiger partial charge in [0.1, 0.15) is 0 Å². The van der Waals surface area contributed by atoms with Crippen LogP contribution in [0.4, 0.5) is 0 Å². The van der Waals surface area contributed by atoms with E-state index in [0.29, 0.717) is 45.9 Å². The van der Waals surface area contributed by atoms with Gasteiger partial charge in [-0.15, -0.1) is 5.10 Å². The van der Waals surface area contributed by atoms with E-state index in [1.807, 2.05) is 13.8 Å². The largest absolute Gasteiger partial charge is 0.466 e. The molecule has 2 amide bonds. The van der Waals surface area contributed by atoms with E-state index in [9.17, 15) is 14.4 Å². The van der Waals surface area contributed by atoms with Crippen LogP contribution in [-0.4, -0.2) is 95.4 Å². The average Bonchev–Trinajstić information content (AvgIpc) is 3.22. The summed E-state index contributed by atoms with van der Waals surface area (Å²) in [6.07, 6.45) is 2.45. The van der Waals surface area contributed by atoms with Gasteiger partial charge < -0.3 is 24.0 Å². The zero-order valence-corrected chi connectivity index (χ0v) is 18.8. The predicted molar refractivity (Wildman–Crippen MR) is 110 cm³/mol. The van der Waals surface area contributed by atoms with Crippen LogP contribution in [0.3, 0.4) is 0 Å². The molecule has 1 aliphatic heterocycles. The van der Waals surface area contributed by atoms with Crippen molar-refractivity contribution in [3.8, 4) is 0 Å². The van der Waals surface area contributed by atoms with Crippen molar-refractivity contribution in [2.75, 3.05) is 46.5 Å². The molecule has 2 heterocycles. The molecule has 1 aliphatic rings. The SMILES string of the molecule is CCOC(=O)C1CCCN(C(=O)CN(C)C(=O)c2cn(CC(OCC)OCC)nn2)C1. The summed E-state index contributed by atoms with van der Waals surface area (Å²) in [4.78, 5) is 40.2. The Hall–Kier alpha value is -2.53. The molecule has 0 radical (unpaired) electrons. The molecule has 2 rings (SSSR count). The summed E-state index contributed by atoms with van der Waals surface area (Å²) >= 11 is 0. The molecule has 1 saturated heterocycles. The maximum Gasteiger partial charge on any atom is 0.310 e. The number of rotatable bonds is 11. The predicted octanol–water partition coefficient (Wildman–Crippen LogP) is 0.551. The number of piperidine rings is 1. The van der Waals surface area contributed by atoms with Gasteiger partial charge in [-0.3, -0.25) is 14.4 Å². The van der Waals surface area contributed by atoms with E-state index in [0.717, 1.165) is 6.42 Å². The molecule has 0 N–H and O–H groups in total. The molecule has 11 heteroatoms. The summed E-state index contributed by atoms with van der Waals surface area (Å²) in [5.74, 6) is -1.23. The Labute approximate surface area is 182 Å². The Kier molecular flexibility index (Phi) is 9.86. The Morgan fingerprint density at radius 2 is 1.90 bits per heavy atom. The summed E-state index contributed by atoms with van der Waals surface area (Å²) < 4.78 is 17.5. The molecular weight excluding hydrogens is 406 g/mol. The number of ether oxygens (including phenoxy) is 3. The zero-order valence-electron chi connectivity index (χ0n) is 18.8. The Bertz CT molecular complexity index is 733. The number of esters is 1. The van der Waals surface area contributed by atoms with Crippen molar-refractivity contribution in [2.24, 2.45) is 5.92 Å². The first-order valence-electron chi connectivity index (χ1n) is 10.7. The monoisotopic (exact) mass is 439 g/mol. The Morgan fingerprint density at radius 3 is 2.55 bits per heavy atom. The second kappa shape index (κ2) is 12.4. The second-order valence-electron chi connectivity index (χ2n) is 7.26. The van der Waals surface area contributed by atoms with E-state index in [1.165, 1.54) is 22.8 Å². The molecule has 1 unspecified atom stereocenters. The summed E-state index contributed by atoms with van der Waals surface area (Å²) in [6, 6.07) is 0. The van der Waals surface area contributed by atoms with Crippen molar-refractivity contribution in [3.05, 3.63) is 11.9 Å². The highest BCUT2D eigenvalue weighted by atomic mass is 16.7. The number of likely N-dealkylation sites (tertiary alicyclic amines) is 1. The molecule has 31 heavy (non-hydrogen) atoms. The number of carbonyl (C=O) groups excluding carboxylic acids is 3. The molecule has 1 aromatic heterocycles. The molecular formula is C20H33N5O6. The summed E-state index contributed by atoms with van der Waals surface area (Å²) in [7, 11) is 1.54. The van der Waals surface area contributed by atoms with E-state index in [-0.39, 0.29) is 30.0 Å². The highest BCUT2D eigenvalue weighted by molar-refractivity contribution is 5.94. The summed E-state index contributed by atoms with van der Waals surface area (Å²) in [5.41, 5.74) is 0.130. The van der Waals surface area contributed by atoms with Gasteiger partial charge in [-0.1, -0.05) is 5.21 Å². The van der Waals surface area contributed by atoms with Gasteiger partial charge >= 0.3 is 5.97 Å². The lowest BCUT2D eigenvalue weighted by Crippen LogP contribution is -2.47. The van der Waals surface area contributed by atoms with E-state index in [1.54, 1.807) is 11.8 Å². The van der Waals surface area contributed by atoms with Gasteiger partial charge in [-0.25, -0.2) is 4.68 Å². The van der Waals surface area contributed by atoms with Crippen LogP contribution in [0.25, 0.3) is 0 Å². The van der Waals surface area contributed by atoms with Gasteiger partial charge in [0.05, 0.1) is 31.8 Å². The van der Waals surface area contributed by atoms with Gasteiger partial charge in [0.25, 0.3) is 5.91 Å². The molecule has 0 bridgehead atoms. The highest BCUT2D eigenvalue weighted by Gasteiger charge is 2.30. The number of carbonyl (C=O) groups is 3. The number of aromatic nitrogens is 3. The summed E-state index contributed by atoms with van der Waals surface area (Å²) in [5, 5.41) is 7.86. The number of nitrogens with zero attached hydrogens (tertiary/aromatic N) is 5. The molecule has 0 aliphatic carbocycles. The van der Waals surface area contributed by atoms with Gasteiger partial charge in [0.15, 0.2) is 12.0 Å². The van der Waals surface area contributed by atoms with E-state index < -0.39 is 12.2 Å².